The Balaban J connectivity index is 1.79. The fourth-order valence-corrected chi connectivity index (χ4v) is 4.96. The second-order valence-electron chi connectivity index (χ2n) is 6.27. The number of pyridine rings is 1. The lowest BCUT2D eigenvalue weighted by Gasteiger charge is -2.45. The normalized spacial score (nSPS) is 26.7. The largest absolute Gasteiger partial charge is 0.375 e. The first-order chi connectivity index (χ1) is 10.2. The molecule has 0 aliphatic carbocycles. The van der Waals surface area contributed by atoms with Crippen molar-refractivity contribution in [1.82, 2.24) is 10.4 Å². The van der Waals surface area contributed by atoms with Gasteiger partial charge in [-0.3, -0.25) is 16.3 Å². The van der Waals surface area contributed by atoms with Gasteiger partial charge in [0, 0.05) is 19.0 Å². The van der Waals surface area contributed by atoms with Gasteiger partial charge in [-0.05, 0) is 67.2 Å². The first kappa shape index (κ1) is 15.3. The maximum Gasteiger partial charge on any atom is 0.0701 e. The van der Waals surface area contributed by atoms with Gasteiger partial charge in [0.2, 0.25) is 0 Å². The first-order valence-corrected chi connectivity index (χ1v) is 8.98. The standard InChI is InChI=1S/C16H25N3OS/c1-12-2-6-18-11-14(12)15(19-17)13-3-7-20-16(10-13)4-8-21-9-5-16/h2,6,11,13,15,19H,3-5,7-10,17H2,1H3. The van der Waals surface area contributed by atoms with Crippen molar-refractivity contribution in [2.24, 2.45) is 11.8 Å². The maximum absolute atomic E-state index is 6.20. The number of hydrogen-bond acceptors (Lipinski definition) is 5. The van der Waals surface area contributed by atoms with Gasteiger partial charge in [-0.1, -0.05) is 0 Å². The zero-order valence-electron chi connectivity index (χ0n) is 12.7. The molecule has 2 unspecified atom stereocenters. The van der Waals surface area contributed by atoms with Crippen molar-refractivity contribution in [3.05, 3.63) is 29.6 Å². The molecule has 0 radical (unpaired) electrons. The Labute approximate surface area is 131 Å². The lowest BCUT2D eigenvalue weighted by atomic mass is 9.77. The van der Waals surface area contributed by atoms with E-state index in [1.54, 1.807) is 0 Å². The highest BCUT2D eigenvalue weighted by Crippen LogP contribution is 2.43. The molecule has 5 heteroatoms. The number of aromatic nitrogens is 1. The van der Waals surface area contributed by atoms with Gasteiger partial charge in [-0.25, -0.2) is 0 Å². The molecule has 3 N–H and O–H groups in total. The molecule has 1 spiro atoms. The summed E-state index contributed by atoms with van der Waals surface area (Å²) in [5.41, 5.74) is 5.63. The van der Waals surface area contributed by atoms with Crippen molar-refractivity contribution in [3.8, 4) is 0 Å². The van der Waals surface area contributed by atoms with Crippen LogP contribution in [-0.2, 0) is 4.74 Å². The summed E-state index contributed by atoms with van der Waals surface area (Å²) in [6.45, 7) is 2.99. The van der Waals surface area contributed by atoms with Gasteiger partial charge in [-0.15, -0.1) is 0 Å². The van der Waals surface area contributed by atoms with Crippen molar-refractivity contribution >= 4 is 11.8 Å². The van der Waals surface area contributed by atoms with Crippen molar-refractivity contribution in [2.75, 3.05) is 18.1 Å². The number of hydrogen-bond donors (Lipinski definition) is 2. The Hall–Kier alpha value is -0.620. The Kier molecular flexibility index (Phi) is 4.84. The third-order valence-electron chi connectivity index (χ3n) is 5.00. The molecule has 2 aliphatic heterocycles. The van der Waals surface area contributed by atoms with E-state index < -0.39 is 0 Å². The van der Waals surface area contributed by atoms with Crippen LogP contribution < -0.4 is 11.3 Å². The average Bonchev–Trinajstić information content (AvgIpc) is 2.51. The zero-order chi connectivity index (χ0) is 14.7. The summed E-state index contributed by atoms with van der Waals surface area (Å²) in [5.74, 6) is 8.87. The minimum Gasteiger partial charge on any atom is -0.375 e. The molecule has 2 atom stereocenters. The third-order valence-corrected chi connectivity index (χ3v) is 5.99. The number of rotatable bonds is 3. The molecule has 2 fully saturated rings. The van der Waals surface area contributed by atoms with Gasteiger partial charge in [0.15, 0.2) is 0 Å². The SMILES string of the molecule is Cc1ccncc1C(NN)C1CCOC2(CCSCC2)C1. The molecule has 116 valence electrons. The second kappa shape index (κ2) is 6.65. The Morgan fingerprint density at radius 3 is 3.00 bits per heavy atom. The fraction of sp³-hybridized carbons (Fsp3) is 0.688. The topological polar surface area (TPSA) is 60.2 Å². The van der Waals surface area contributed by atoms with E-state index in [9.17, 15) is 0 Å². The highest BCUT2D eigenvalue weighted by atomic mass is 32.2. The summed E-state index contributed by atoms with van der Waals surface area (Å²) in [6, 6.07) is 2.24. The lowest BCUT2D eigenvalue weighted by Crippen LogP contribution is -2.46. The van der Waals surface area contributed by atoms with E-state index in [0.29, 0.717) is 5.92 Å². The summed E-state index contributed by atoms with van der Waals surface area (Å²) >= 11 is 2.05. The molecule has 3 heterocycles. The smallest absolute Gasteiger partial charge is 0.0701 e. The molecule has 1 aromatic rings. The highest BCUT2D eigenvalue weighted by molar-refractivity contribution is 7.99. The lowest BCUT2D eigenvalue weighted by molar-refractivity contribution is -0.107. The number of hydrazine groups is 1. The summed E-state index contributed by atoms with van der Waals surface area (Å²) in [6.07, 6.45) is 8.33. The predicted octanol–water partition coefficient (Wildman–Crippen LogP) is 2.59. The molecule has 0 amide bonds. The zero-order valence-corrected chi connectivity index (χ0v) is 13.5. The van der Waals surface area contributed by atoms with Crippen LogP contribution in [0.15, 0.2) is 18.5 Å². The molecular weight excluding hydrogens is 282 g/mol. The molecule has 0 saturated carbocycles. The predicted molar refractivity (Wildman–Crippen MR) is 87.0 cm³/mol. The first-order valence-electron chi connectivity index (χ1n) is 7.82. The molecule has 0 aromatic carbocycles. The number of aryl methyl sites for hydroxylation is 1. The Morgan fingerprint density at radius 1 is 1.48 bits per heavy atom. The molecule has 21 heavy (non-hydrogen) atoms. The van der Waals surface area contributed by atoms with E-state index in [1.807, 2.05) is 24.2 Å². The Bertz CT molecular complexity index is 471. The van der Waals surface area contributed by atoms with Gasteiger partial charge < -0.3 is 4.74 Å². The van der Waals surface area contributed by atoms with Gasteiger partial charge in [-0.2, -0.15) is 11.8 Å². The number of ether oxygens (including phenoxy) is 1. The maximum atomic E-state index is 6.20. The fourth-order valence-electron chi connectivity index (χ4n) is 3.72. The number of thioether (sulfide) groups is 1. The second-order valence-corrected chi connectivity index (χ2v) is 7.50. The van der Waals surface area contributed by atoms with Crippen LogP contribution in [0, 0.1) is 12.8 Å². The monoisotopic (exact) mass is 307 g/mol. The van der Waals surface area contributed by atoms with Crippen LogP contribution in [0.4, 0.5) is 0 Å². The molecule has 2 saturated heterocycles. The van der Waals surface area contributed by atoms with Crippen LogP contribution in [0.25, 0.3) is 0 Å². The van der Waals surface area contributed by atoms with Crippen LogP contribution in [-0.4, -0.2) is 28.7 Å². The van der Waals surface area contributed by atoms with Crippen molar-refractivity contribution in [2.45, 2.75) is 44.2 Å². The number of nitrogens with zero attached hydrogens (tertiary/aromatic N) is 1. The van der Waals surface area contributed by atoms with Crippen LogP contribution in [0.5, 0.6) is 0 Å². The number of nitrogens with two attached hydrogens (primary N) is 1. The minimum atomic E-state index is 0.0966. The van der Waals surface area contributed by atoms with Crippen molar-refractivity contribution in [1.29, 1.82) is 0 Å². The number of nitrogens with one attached hydrogen (secondary N) is 1. The van der Waals surface area contributed by atoms with Crippen LogP contribution in [0.3, 0.4) is 0 Å². The van der Waals surface area contributed by atoms with Crippen molar-refractivity contribution in [3.63, 3.8) is 0 Å². The minimum absolute atomic E-state index is 0.0966. The van der Waals surface area contributed by atoms with Crippen LogP contribution in [0.2, 0.25) is 0 Å². The average molecular weight is 307 g/mol. The van der Waals surface area contributed by atoms with Gasteiger partial charge >= 0.3 is 0 Å². The Morgan fingerprint density at radius 2 is 2.29 bits per heavy atom. The van der Waals surface area contributed by atoms with Crippen molar-refractivity contribution < 1.29 is 4.74 Å². The van der Waals surface area contributed by atoms with E-state index in [2.05, 4.69) is 23.4 Å². The van der Waals surface area contributed by atoms with E-state index >= 15 is 0 Å². The van der Waals surface area contributed by atoms with E-state index in [0.717, 1.165) is 19.4 Å². The third kappa shape index (κ3) is 3.26. The van der Waals surface area contributed by atoms with E-state index in [4.69, 9.17) is 10.6 Å². The van der Waals surface area contributed by atoms with Gasteiger partial charge in [0.05, 0.1) is 11.6 Å². The molecule has 4 nitrogen and oxygen atoms in total. The van der Waals surface area contributed by atoms with Gasteiger partial charge in [0.25, 0.3) is 0 Å². The van der Waals surface area contributed by atoms with Gasteiger partial charge in [0.1, 0.15) is 0 Å². The highest BCUT2D eigenvalue weighted by Gasteiger charge is 2.41. The summed E-state index contributed by atoms with van der Waals surface area (Å²) < 4.78 is 6.20. The molecule has 1 aromatic heterocycles. The van der Waals surface area contributed by atoms with Crippen LogP contribution >= 0.6 is 11.8 Å². The summed E-state index contributed by atoms with van der Waals surface area (Å²) in [5, 5.41) is 0. The van der Waals surface area contributed by atoms with E-state index in [-0.39, 0.29) is 11.6 Å². The molecule has 2 aliphatic rings. The van der Waals surface area contributed by atoms with E-state index in [1.165, 1.54) is 35.5 Å². The quantitative estimate of drug-likeness (QED) is 0.664. The van der Waals surface area contributed by atoms with Crippen LogP contribution in [0.1, 0.15) is 42.9 Å². The molecule has 3 rings (SSSR count). The molecule has 0 bridgehead atoms. The summed E-state index contributed by atoms with van der Waals surface area (Å²) in [7, 11) is 0. The molecular formula is C16H25N3OS. The summed E-state index contributed by atoms with van der Waals surface area (Å²) in [4.78, 5) is 4.28.